The Hall–Kier alpha value is -1.15. The molecule has 0 aromatic heterocycles. The minimum Gasteiger partial charge on any atom is -0.497 e. The highest BCUT2D eigenvalue weighted by Crippen LogP contribution is 2.36. The number of rotatable bonds is 4. The molecule has 0 N–H and O–H groups in total. The highest BCUT2D eigenvalue weighted by Gasteiger charge is 2.39. The summed E-state index contributed by atoms with van der Waals surface area (Å²) < 4.78 is 39.5. The second kappa shape index (κ2) is 6.54. The molecule has 2 saturated heterocycles. The van der Waals surface area contributed by atoms with E-state index in [2.05, 4.69) is 0 Å². The summed E-state index contributed by atoms with van der Waals surface area (Å²) in [6.45, 7) is 2.38. The second-order valence-electron chi connectivity index (χ2n) is 5.56. The van der Waals surface area contributed by atoms with Crippen molar-refractivity contribution in [3.63, 3.8) is 0 Å². The third-order valence-corrected chi connectivity index (χ3v) is 6.32. The first-order chi connectivity index (χ1) is 10.6. The Labute approximate surface area is 131 Å². The molecular weight excluding hydrogens is 304 g/mol. The Bertz CT molecular complexity index is 614. The van der Waals surface area contributed by atoms with Gasteiger partial charge in [0.15, 0.2) is 0 Å². The van der Waals surface area contributed by atoms with Gasteiger partial charge in [0.1, 0.15) is 5.75 Å². The van der Waals surface area contributed by atoms with E-state index in [0.717, 1.165) is 24.2 Å². The molecule has 1 atom stereocenters. The molecule has 0 saturated carbocycles. The van der Waals surface area contributed by atoms with Crippen LogP contribution in [0.1, 0.15) is 24.4 Å². The van der Waals surface area contributed by atoms with Gasteiger partial charge in [-0.3, -0.25) is 0 Å². The quantitative estimate of drug-likeness (QED) is 0.839. The van der Waals surface area contributed by atoms with E-state index in [1.807, 2.05) is 24.3 Å². The van der Waals surface area contributed by atoms with Gasteiger partial charge in [0.25, 0.3) is 10.2 Å². The molecule has 2 aliphatic rings. The van der Waals surface area contributed by atoms with Gasteiger partial charge in [-0.25, -0.2) is 0 Å². The van der Waals surface area contributed by atoms with Gasteiger partial charge >= 0.3 is 0 Å². The lowest BCUT2D eigenvalue weighted by Crippen LogP contribution is -2.48. The molecule has 0 unspecified atom stereocenters. The fourth-order valence-corrected chi connectivity index (χ4v) is 4.94. The maximum atomic E-state index is 12.9. The number of nitrogens with zero attached hydrogens (tertiary/aromatic N) is 2. The second-order valence-corrected chi connectivity index (χ2v) is 7.45. The minimum absolute atomic E-state index is 0.108. The molecule has 6 nitrogen and oxygen atoms in total. The molecule has 0 bridgehead atoms. The first kappa shape index (κ1) is 15.7. The molecule has 2 fully saturated rings. The van der Waals surface area contributed by atoms with Crippen molar-refractivity contribution in [2.45, 2.75) is 18.9 Å². The van der Waals surface area contributed by atoms with Gasteiger partial charge in [0.2, 0.25) is 0 Å². The maximum Gasteiger partial charge on any atom is 0.282 e. The van der Waals surface area contributed by atoms with Crippen molar-refractivity contribution in [2.75, 3.05) is 40.0 Å². The number of hydrogen-bond donors (Lipinski definition) is 0. The van der Waals surface area contributed by atoms with Crippen molar-refractivity contribution in [3.8, 4) is 5.75 Å². The molecule has 0 aliphatic carbocycles. The summed E-state index contributed by atoms with van der Waals surface area (Å²) in [4.78, 5) is 0. The first-order valence-corrected chi connectivity index (χ1v) is 9.01. The topological polar surface area (TPSA) is 59.1 Å². The van der Waals surface area contributed by atoms with Gasteiger partial charge in [-0.05, 0) is 30.5 Å². The molecule has 122 valence electrons. The van der Waals surface area contributed by atoms with Crippen molar-refractivity contribution in [1.29, 1.82) is 0 Å². The van der Waals surface area contributed by atoms with Crippen molar-refractivity contribution >= 4 is 10.2 Å². The molecule has 2 aliphatic heterocycles. The predicted octanol–water partition coefficient (Wildman–Crippen LogP) is 1.41. The van der Waals surface area contributed by atoms with Crippen LogP contribution in [0.25, 0.3) is 0 Å². The fraction of sp³-hybridized carbons (Fsp3) is 0.600. The minimum atomic E-state index is -3.43. The standard InChI is InChI=1S/C15H22N2O4S/c1-20-14-5-2-4-13(12-14)15-6-3-7-17(15)22(18,19)16-8-10-21-11-9-16/h2,4-5,12,15H,3,6-11H2,1H3/t15-/m0/s1. The number of morpholine rings is 1. The number of ether oxygens (including phenoxy) is 2. The van der Waals surface area contributed by atoms with E-state index < -0.39 is 10.2 Å². The van der Waals surface area contributed by atoms with Gasteiger partial charge in [-0.1, -0.05) is 12.1 Å². The molecule has 2 heterocycles. The van der Waals surface area contributed by atoms with Crippen LogP contribution in [0.3, 0.4) is 0 Å². The summed E-state index contributed by atoms with van der Waals surface area (Å²) >= 11 is 0. The summed E-state index contributed by atoms with van der Waals surface area (Å²) in [7, 11) is -1.81. The summed E-state index contributed by atoms with van der Waals surface area (Å²) in [5.74, 6) is 0.758. The maximum absolute atomic E-state index is 12.9. The highest BCUT2D eigenvalue weighted by molar-refractivity contribution is 7.86. The summed E-state index contributed by atoms with van der Waals surface area (Å²) in [5, 5.41) is 0. The zero-order valence-electron chi connectivity index (χ0n) is 12.8. The van der Waals surface area contributed by atoms with Crippen LogP contribution in [0.4, 0.5) is 0 Å². The lowest BCUT2D eigenvalue weighted by molar-refractivity contribution is 0.0699. The van der Waals surface area contributed by atoms with Crippen LogP contribution in [0, 0.1) is 0 Å². The summed E-state index contributed by atoms with van der Waals surface area (Å²) in [6.07, 6.45) is 1.72. The Morgan fingerprint density at radius 1 is 1.23 bits per heavy atom. The molecule has 0 spiro atoms. The monoisotopic (exact) mass is 326 g/mol. The van der Waals surface area contributed by atoms with Crippen molar-refractivity contribution < 1.29 is 17.9 Å². The Kier molecular flexibility index (Phi) is 4.67. The largest absolute Gasteiger partial charge is 0.497 e. The smallest absolute Gasteiger partial charge is 0.282 e. The number of methoxy groups -OCH3 is 1. The highest BCUT2D eigenvalue weighted by atomic mass is 32.2. The van der Waals surface area contributed by atoms with Crippen molar-refractivity contribution in [3.05, 3.63) is 29.8 Å². The molecule has 0 radical (unpaired) electrons. The third-order valence-electron chi connectivity index (χ3n) is 4.27. The zero-order valence-corrected chi connectivity index (χ0v) is 13.6. The van der Waals surface area contributed by atoms with Crippen LogP contribution in [0.2, 0.25) is 0 Å². The molecule has 7 heteroatoms. The van der Waals surface area contributed by atoms with Crippen LogP contribution < -0.4 is 4.74 Å². The Morgan fingerprint density at radius 2 is 2.00 bits per heavy atom. The Balaban J connectivity index is 1.85. The molecule has 3 rings (SSSR count). The van der Waals surface area contributed by atoms with E-state index in [1.165, 1.54) is 4.31 Å². The first-order valence-electron chi connectivity index (χ1n) is 7.61. The van der Waals surface area contributed by atoms with Gasteiger partial charge < -0.3 is 9.47 Å². The molecule has 1 aromatic rings. The molecular formula is C15H22N2O4S. The van der Waals surface area contributed by atoms with Crippen LogP contribution >= 0.6 is 0 Å². The average Bonchev–Trinajstić information content (AvgIpc) is 3.06. The fourth-order valence-electron chi connectivity index (χ4n) is 3.12. The average molecular weight is 326 g/mol. The van der Waals surface area contributed by atoms with E-state index in [4.69, 9.17) is 9.47 Å². The van der Waals surface area contributed by atoms with Crippen LogP contribution in [0.15, 0.2) is 24.3 Å². The lowest BCUT2D eigenvalue weighted by atomic mass is 10.1. The summed E-state index contributed by atoms with van der Waals surface area (Å²) in [6, 6.07) is 7.58. The zero-order chi connectivity index (χ0) is 15.6. The van der Waals surface area contributed by atoms with E-state index in [9.17, 15) is 8.42 Å². The van der Waals surface area contributed by atoms with E-state index in [0.29, 0.717) is 32.8 Å². The van der Waals surface area contributed by atoms with Crippen molar-refractivity contribution in [2.24, 2.45) is 0 Å². The Morgan fingerprint density at radius 3 is 2.73 bits per heavy atom. The van der Waals surface area contributed by atoms with Crippen LogP contribution in [-0.2, 0) is 14.9 Å². The van der Waals surface area contributed by atoms with E-state index >= 15 is 0 Å². The number of hydrogen-bond acceptors (Lipinski definition) is 4. The summed E-state index contributed by atoms with van der Waals surface area (Å²) in [5.41, 5.74) is 0.994. The molecule has 22 heavy (non-hydrogen) atoms. The van der Waals surface area contributed by atoms with Gasteiger partial charge in [0.05, 0.1) is 26.4 Å². The van der Waals surface area contributed by atoms with Gasteiger partial charge in [-0.15, -0.1) is 0 Å². The van der Waals surface area contributed by atoms with E-state index in [1.54, 1.807) is 11.4 Å². The van der Waals surface area contributed by atoms with Crippen molar-refractivity contribution in [1.82, 2.24) is 8.61 Å². The van der Waals surface area contributed by atoms with Gasteiger partial charge in [-0.2, -0.15) is 17.0 Å². The van der Waals surface area contributed by atoms with Crippen LogP contribution in [-0.4, -0.2) is 57.0 Å². The predicted molar refractivity (Wildman–Crippen MR) is 83.0 cm³/mol. The van der Waals surface area contributed by atoms with Gasteiger partial charge in [0, 0.05) is 19.6 Å². The number of benzene rings is 1. The van der Waals surface area contributed by atoms with Crippen LogP contribution in [0.5, 0.6) is 5.75 Å². The molecule has 1 aromatic carbocycles. The third kappa shape index (κ3) is 2.99. The molecule has 0 amide bonds. The lowest BCUT2D eigenvalue weighted by Gasteiger charge is -2.33. The van der Waals surface area contributed by atoms with E-state index in [-0.39, 0.29) is 6.04 Å². The normalized spacial score (nSPS) is 24.5. The SMILES string of the molecule is COc1cccc([C@@H]2CCCN2S(=O)(=O)N2CCOCC2)c1.